The Bertz CT molecular complexity index is 570. The van der Waals surface area contributed by atoms with Crippen LogP contribution in [-0.2, 0) is 0 Å². The van der Waals surface area contributed by atoms with Crippen LogP contribution in [0.15, 0.2) is 42.5 Å². The number of aryl methyl sites for hydroxylation is 1. The molecule has 0 fully saturated rings. The van der Waals surface area contributed by atoms with Gasteiger partial charge in [0.05, 0.1) is 0 Å². The average Bonchev–Trinajstić information content (AvgIpc) is 2.40. The lowest BCUT2D eigenvalue weighted by Crippen LogP contribution is -2.12. The molecular weight excluding hydrogens is 250 g/mol. The van der Waals surface area contributed by atoms with Crippen LogP contribution in [0.3, 0.4) is 0 Å². The minimum atomic E-state index is -1.21. The van der Waals surface area contributed by atoms with Crippen LogP contribution in [0.1, 0.15) is 17.2 Å². The van der Waals surface area contributed by atoms with E-state index in [9.17, 15) is 13.9 Å². The maximum Gasteiger partial charge on any atom is 0.164 e. The molecule has 2 rings (SSSR count). The molecule has 4 heteroatoms. The van der Waals surface area contributed by atoms with Crippen molar-refractivity contribution in [2.24, 2.45) is 0 Å². The van der Waals surface area contributed by atoms with Crippen LogP contribution in [0.2, 0.25) is 0 Å². The van der Waals surface area contributed by atoms with Gasteiger partial charge in [-0.2, -0.15) is 0 Å². The summed E-state index contributed by atoms with van der Waals surface area (Å²) in [5.41, 5.74) is 0.808. The predicted molar refractivity (Wildman–Crippen MR) is 68.0 cm³/mol. The highest BCUT2D eigenvalue weighted by atomic mass is 19.2. The number of ether oxygens (including phenoxy) is 1. The summed E-state index contributed by atoms with van der Waals surface area (Å²) in [5.74, 6) is -1.41. The molecule has 0 spiro atoms. The van der Waals surface area contributed by atoms with Crippen molar-refractivity contribution in [1.29, 1.82) is 0 Å². The van der Waals surface area contributed by atoms with Crippen molar-refractivity contribution in [3.8, 4) is 5.75 Å². The molecule has 2 aromatic carbocycles. The van der Waals surface area contributed by atoms with Gasteiger partial charge in [0.1, 0.15) is 18.5 Å². The fourth-order valence-electron chi connectivity index (χ4n) is 1.75. The number of aliphatic hydroxyl groups excluding tert-OH is 1. The Morgan fingerprint density at radius 1 is 1.11 bits per heavy atom. The van der Waals surface area contributed by atoms with Crippen LogP contribution in [-0.4, -0.2) is 11.7 Å². The molecule has 0 saturated carbocycles. The summed E-state index contributed by atoms with van der Waals surface area (Å²) in [7, 11) is 0. The van der Waals surface area contributed by atoms with Gasteiger partial charge >= 0.3 is 0 Å². The summed E-state index contributed by atoms with van der Waals surface area (Å²) < 4.78 is 31.9. The van der Waals surface area contributed by atoms with Gasteiger partial charge in [0, 0.05) is 5.56 Å². The van der Waals surface area contributed by atoms with Gasteiger partial charge in [0.15, 0.2) is 11.6 Å². The highest BCUT2D eigenvalue weighted by Crippen LogP contribution is 2.22. The van der Waals surface area contributed by atoms with E-state index in [0.717, 1.165) is 11.6 Å². The van der Waals surface area contributed by atoms with E-state index in [0.29, 0.717) is 5.75 Å². The molecule has 0 radical (unpaired) electrons. The minimum absolute atomic E-state index is 0.103. The normalized spacial score (nSPS) is 12.2. The number of benzene rings is 2. The van der Waals surface area contributed by atoms with Gasteiger partial charge in [0.25, 0.3) is 0 Å². The molecule has 100 valence electrons. The van der Waals surface area contributed by atoms with Gasteiger partial charge in [-0.3, -0.25) is 0 Å². The minimum Gasteiger partial charge on any atom is -0.490 e. The predicted octanol–water partition coefficient (Wildman–Crippen LogP) is 3.39. The van der Waals surface area contributed by atoms with E-state index in [-0.39, 0.29) is 12.2 Å². The third-order valence-corrected chi connectivity index (χ3v) is 2.83. The summed E-state index contributed by atoms with van der Waals surface area (Å²) in [6.07, 6.45) is -1.21. The molecule has 0 aromatic heterocycles. The zero-order valence-corrected chi connectivity index (χ0v) is 10.4. The molecule has 1 atom stereocenters. The highest BCUT2D eigenvalue weighted by molar-refractivity contribution is 5.32. The van der Waals surface area contributed by atoms with E-state index in [1.165, 1.54) is 12.1 Å². The van der Waals surface area contributed by atoms with Gasteiger partial charge in [-0.15, -0.1) is 0 Å². The number of rotatable bonds is 4. The molecule has 0 aliphatic heterocycles. The Hall–Kier alpha value is -1.94. The molecule has 0 heterocycles. The van der Waals surface area contributed by atoms with Crippen molar-refractivity contribution in [1.82, 2.24) is 0 Å². The Labute approximate surface area is 110 Å². The quantitative estimate of drug-likeness (QED) is 0.917. The van der Waals surface area contributed by atoms with Crippen LogP contribution in [0.25, 0.3) is 0 Å². The molecule has 2 nitrogen and oxygen atoms in total. The van der Waals surface area contributed by atoms with E-state index in [4.69, 9.17) is 4.74 Å². The first-order valence-corrected chi connectivity index (χ1v) is 5.90. The Balaban J connectivity index is 2.08. The number of hydrogen-bond acceptors (Lipinski definition) is 2. The van der Waals surface area contributed by atoms with Crippen molar-refractivity contribution < 1.29 is 18.6 Å². The van der Waals surface area contributed by atoms with E-state index >= 15 is 0 Å². The monoisotopic (exact) mass is 264 g/mol. The summed E-state index contributed by atoms with van der Waals surface area (Å²) in [5, 5.41) is 9.85. The molecule has 0 amide bonds. The number of halogens is 2. The summed E-state index contributed by atoms with van der Waals surface area (Å²) in [4.78, 5) is 0. The van der Waals surface area contributed by atoms with Crippen LogP contribution in [0, 0.1) is 18.6 Å². The average molecular weight is 264 g/mol. The Kier molecular flexibility index (Phi) is 4.12. The molecule has 0 bridgehead atoms. The Morgan fingerprint density at radius 3 is 2.58 bits per heavy atom. The summed E-state index contributed by atoms with van der Waals surface area (Å²) in [6.45, 7) is 1.73. The maximum atomic E-state index is 13.5. The first-order valence-electron chi connectivity index (χ1n) is 5.90. The third-order valence-electron chi connectivity index (χ3n) is 2.83. The largest absolute Gasteiger partial charge is 0.490 e. The lowest BCUT2D eigenvalue weighted by atomic mass is 10.1. The van der Waals surface area contributed by atoms with Gasteiger partial charge in [-0.1, -0.05) is 30.3 Å². The van der Waals surface area contributed by atoms with Crippen molar-refractivity contribution in [3.05, 3.63) is 65.2 Å². The number of aliphatic hydroxyl groups is 1. The van der Waals surface area contributed by atoms with Crippen LogP contribution in [0.5, 0.6) is 5.75 Å². The number of hydrogen-bond donors (Lipinski definition) is 1. The Morgan fingerprint density at radius 2 is 1.84 bits per heavy atom. The molecule has 19 heavy (non-hydrogen) atoms. The third kappa shape index (κ3) is 3.09. The highest BCUT2D eigenvalue weighted by Gasteiger charge is 2.16. The zero-order valence-electron chi connectivity index (χ0n) is 10.4. The topological polar surface area (TPSA) is 29.5 Å². The summed E-state index contributed by atoms with van der Waals surface area (Å²) in [6, 6.07) is 11.0. The van der Waals surface area contributed by atoms with Crippen LogP contribution < -0.4 is 4.74 Å². The lowest BCUT2D eigenvalue weighted by Gasteiger charge is -2.14. The lowest BCUT2D eigenvalue weighted by molar-refractivity contribution is 0.104. The molecular formula is C15H14F2O2. The molecule has 0 saturated heterocycles. The van der Waals surface area contributed by atoms with Gasteiger partial charge in [-0.25, -0.2) is 8.78 Å². The van der Waals surface area contributed by atoms with Crippen molar-refractivity contribution in [2.45, 2.75) is 13.0 Å². The van der Waals surface area contributed by atoms with Gasteiger partial charge in [0.2, 0.25) is 0 Å². The fourth-order valence-corrected chi connectivity index (χ4v) is 1.75. The first-order chi connectivity index (χ1) is 9.09. The van der Waals surface area contributed by atoms with Crippen molar-refractivity contribution >= 4 is 0 Å². The van der Waals surface area contributed by atoms with E-state index in [1.54, 1.807) is 12.1 Å². The van der Waals surface area contributed by atoms with Crippen molar-refractivity contribution in [2.75, 3.05) is 6.61 Å². The van der Waals surface area contributed by atoms with Crippen LogP contribution >= 0.6 is 0 Å². The van der Waals surface area contributed by atoms with E-state index in [1.807, 2.05) is 19.1 Å². The molecule has 2 aromatic rings. The van der Waals surface area contributed by atoms with E-state index < -0.39 is 17.7 Å². The first kappa shape index (κ1) is 13.5. The SMILES string of the molecule is Cc1ccccc1OCC(O)c1cccc(F)c1F. The maximum absolute atomic E-state index is 13.5. The summed E-state index contributed by atoms with van der Waals surface area (Å²) >= 11 is 0. The van der Waals surface area contributed by atoms with Gasteiger partial charge in [-0.05, 0) is 24.6 Å². The van der Waals surface area contributed by atoms with Gasteiger partial charge < -0.3 is 9.84 Å². The zero-order chi connectivity index (χ0) is 13.8. The second-order valence-electron chi connectivity index (χ2n) is 4.24. The molecule has 1 N–H and O–H groups in total. The standard InChI is InChI=1S/C15H14F2O2/c1-10-5-2-3-8-14(10)19-9-13(18)11-6-4-7-12(16)15(11)17/h2-8,13,18H,9H2,1H3. The van der Waals surface area contributed by atoms with Crippen LogP contribution in [0.4, 0.5) is 8.78 Å². The second kappa shape index (κ2) is 5.80. The number of para-hydroxylation sites is 1. The molecule has 0 aliphatic rings. The fraction of sp³-hybridized carbons (Fsp3) is 0.200. The van der Waals surface area contributed by atoms with E-state index in [2.05, 4.69) is 0 Å². The molecule has 0 aliphatic carbocycles. The van der Waals surface area contributed by atoms with Crippen molar-refractivity contribution in [3.63, 3.8) is 0 Å². The smallest absolute Gasteiger partial charge is 0.164 e. The second-order valence-corrected chi connectivity index (χ2v) is 4.24. The molecule has 1 unspecified atom stereocenters.